The van der Waals surface area contributed by atoms with Crippen molar-refractivity contribution in [1.29, 1.82) is 0 Å². The van der Waals surface area contributed by atoms with E-state index < -0.39 is 11.2 Å². The zero-order valence-electron chi connectivity index (χ0n) is 4.00. The van der Waals surface area contributed by atoms with E-state index in [1.165, 1.54) is 6.92 Å². The van der Waals surface area contributed by atoms with Crippen LogP contribution in [0.2, 0.25) is 0 Å². The highest BCUT2D eigenvalue weighted by molar-refractivity contribution is 7.81. The Balaban J connectivity index is 3.54. The Morgan fingerprint density at radius 3 is 1.86 bits per heavy atom. The molecular weight excluding hydrogens is 114 g/mol. The Labute approximate surface area is 47.6 Å². The van der Waals surface area contributed by atoms with Gasteiger partial charge in [-0.05, 0) is 6.92 Å². The average Bonchev–Trinajstić information content (AvgIpc) is 1.31. The van der Waals surface area contributed by atoms with Gasteiger partial charge < -0.3 is 10.2 Å². The van der Waals surface area contributed by atoms with Crippen molar-refractivity contribution in [3.8, 4) is 0 Å². The van der Waals surface area contributed by atoms with Crippen LogP contribution in [0.3, 0.4) is 0 Å². The molecule has 0 aromatic heterocycles. The van der Waals surface area contributed by atoms with E-state index >= 15 is 0 Å². The second-order valence-electron chi connectivity index (χ2n) is 1.46. The maximum absolute atomic E-state index is 8.35. The van der Waals surface area contributed by atoms with Crippen LogP contribution in [0.25, 0.3) is 0 Å². The van der Waals surface area contributed by atoms with Gasteiger partial charge in [0.25, 0.3) is 0 Å². The molecule has 1 atom stereocenters. The molecule has 0 aliphatic rings. The van der Waals surface area contributed by atoms with E-state index in [2.05, 4.69) is 12.6 Å². The lowest BCUT2D eigenvalue weighted by atomic mass is 10.4. The van der Waals surface area contributed by atoms with Crippen molar-refractivity contribution < 1.29 is 10.2 Å². The number of hydrogen-bond donors (Lipinski definition) is 4. The summed E-state index contributed by atoms with van der Waals surface area (Å²) in [5, 5.41) is 16.1. The molecule has 44 valence electrons. The van der Waals surface area contributed by atoms with Crippen molar-refractivity contribution in [3.05, 3.63) is 0 Å². The fraction of sp³-hybridized carbons (Fsp3) is 1.00. The smallest absolute Gasteiger partial charge is 0.231 e. The maximum atomic E-state index is 8.35. The highest BCUT2D eigenvalue weighted by atomic mass is 32.1. The zero-order valence-corrected chi connectivity index (χ0v) is 4.89. The van der Waals surface area contributed by atoms with Gasteiger partial charge in [-0.2, -0.15) is 12.6 Å². The summed E-state index contributed by atoms with van der Waals surface area (Å²) in [5.41, 5.74) is 4.71. The third kappa shape index (κ3) is 2.87. The van der Waals surface area contributed by atoms with Crippen LogP contribution in [0.1, 0.15) is 6.92 Å². The van der Waals surface area contributed by atoms with E-state index in [-0.39, 0.29) is 0 Å². The van der Waals surface area contributed by atoms with Crippen molar-refractivity contribution in [2.45, 2.75) is 18.1 Å². The van der Waals surface area contributed by atoms with Gasteiger partial charge in [-0.15, -0.1) is 0 Å². The number of rotatable bonds is 1. The molecule has 0 radical (unpaired) electrons. The number of aliphatic hydroxyl groups is 2. The lowest BCUT2D eigenvalue weighted by molar-refractivity contribution is -0.151. The molecule has 0 fully saturated rings. The Bertz CT molecular complexity index is 58.4. The van der Waals surface area contributed by atoms with Crippen molar-refractivity contribution in [2.75, 3.05) is 0 Å². The van der Waals surface area contributed by atoms with Crippen LogP contribution in [-0.4, -0.2) is 21.4 Å². The summed E-state index contributed by atoms with van der Waals surface area (Å²) in [4.78, 5) is 0. The summed E-state index contributed by atoms with van der Waals surface area (Å²) in [6.07, 6.45) is 0. The van der Waals surface area contributed by atoms with Crippen molar-refractivity contribution in [1.82, 2.24) is 0 Å². The third-order valence-corrected chi connectivity index (χ3v) is 0.995. The van der Waals surface area contributed by atoms with Gasteiger partial charge in [0.1, 0.15) is 0 Å². The van der Waals surface area contributed by atoms with Gasteiger partial charge in [-0.3, -0.25) is 5.73 Å². The van der Waals surface area contributed by atoms with E-state index in [1.54, 1.807) is 0 Å². The first-order valence-corrected chi connectivity index (χ1v) is 2.38. The van der Waals surface area contributed by atoms with E-state index in [0.717, 1.165) is 0 Å². The maximum Gasteiger partial charge on any atom is 0.231 e. The third-order valence-electron chi connectivity index (χ3n) is 0.615. The lowest BCUT2D eigenvalue weighted by Gasteiger charge is -2.18. The largest absolute Gasteiger partial charge is 0.353 e. The minimum absolute atomic E-state index is 0.618. The summed E-state index contributed by atoms with van der Waals surface area (Å²) in [7, 11) is 0. The Morgan fingerprint density at radius 1 is 1.71 bits per heavy atom. The summed E-state index contributed by atoms with van der Waals surface area (Å²) >= 11 is 3.65. The van der Waals surface area contributed by atoms with Gasteiger partial charge in [0.05, 0.1) is 5.25 Å². The second kappa shape index (κ2) is 2.00. The minimum Gasteiger partial charge on any atom is -0.353 e. The van der Waals surface area contributed by atoms with Crippen LogP contribution in [-0.2, 0) is 0 Å². The Morgan fingerprint density at radius 2 is 1.86 bits per heavy atom. The SMILES string of the molecule is CC(S)C(N)(O)O. The second-order valence-corrected chi connectivity index (χ2v) is 2.23. The molecule has 0 bridgehead atoms. The van der Waals surface area contributed by atoms with Crippen LogP contribution < -0.4 is 5.73 Å². The summed E-state index contributed by atoms with van der Waals surface area (Å²) in [6, 6.07) is 0. The molecule has 0 heterocycles. The highest BCUT2D eigenvalue weighted by Crippen LogP contribution is 2.03. The quantitative estimate of drug-likeness (QED) is 0.264. The van der Waals surface area contributed by atoms with Crippen LogP contribution in [0.4, 0.5) is 0 Å². The first-order chi connectivity index (χ1) is 2.94. The highest BCUT2D eigenvalue weighted by Gasteiger charge is 2.21. The molecule has 7 heavy (non-hydrogen) atoms. The van der Waals surface area contributed by atoms with Gasteiger partial charge >= 0.3 is 0 Å². The first-order valence-electron chi connectivity index (χ1n) is 1.86. The summed E-state index contributed by atoms with van der Waals surface area (Å²) in [5.74, 6) is -2.14. The molecule has 0 aromatic rings. The first kappa shape index (κ1) is 7.23. The number of nitrogens with two attached hydrogens (primary N) is 1. The van der Waals surface area contributed by atoms with E-state index in [1.807, 2.05) is 0 Å². The van der Waals surface area contributed by atoms with Crippen LogP contribution in [0, 0.1) is 0 Å². The summed E-state index contributed by atoms with van der Waals surface area (Å²) in [6.45, 7) is 1.49. The van der Waals surface area contributed by atoms with Gasteiger partial charge in [-0.1, -0.05) is 0 Å². The van der Waals surface area contributed by atoms with Gasteiger partial charge in [-0.25, -0.2) is 0 Å². The Kier molecular flexibility index (Phi) is 2.07. The zero-order chi connectivity index (χ0) is 6.08. The van der Waals surface area contributed by atoms with Gasteiger partial charge in [0.15, 0.2) is 0 Å². The summed E-state index contributed by atoms with van der Waals surface area (Å²) < 4.78 is 0. The standard InChI is InChI=1S/C3H9NO2S/c1-2(7)3(4,5)6/h2,5-7H,4H2,1H3. The molecule has 4 heteroatoms. The van der Waals surface area contributed by atoms with Crippen molar-refractivity contribution in [3.63, 3.8) is 0 Å². The van der Waals surface area contributed by atoms with E-state index in [9.17, 15) is 0 Å². The molecule has 0 rings (SSSR count). The molecular formula is C3H9NO2S. The topological polar surface area (TPSA) is 66.5 Å². The van der Waals surface area contributed by atoms with Gasteiger partial charge in [0, 0.05) is 0 Å². The predicted octanol–water partition coefficient (Wildman–Crippen LogP) is -1.10. The predicted molar refractivity (Wildman–Crippen MR) is 29.8 cm³/mol. The molecule has 0 aliphatic carbocycles. The van der Waals surface area contributed by atoms with Gasteiger partial charge in [0.2, 0.25) is 5.91 Å². The molecule has 0 aliphatic heterocycles. The van der Waals surface area contributed by atoms with Crippen molar-refractivity contribution in [2.24, 2.45) is 5.73 Å². The van der Waals surface area contributed by atoms with Crippen LogP contribution >= 0.6 is 12.6 Å². The van der Waals surface area contributed by atoms with Crippen LogP contribution in [0.15, 0.2) is 0 Å². The minimum atomic E-state index is -2.14. The number of thiol groups is 1. The number of hydrogen-bond acceptors (Lipinski definition) is 4. The molecule has 0 spiro atoms. The molecule has 0 saturated heterocycles. The molecule has 0 amide bonds. The van der Waals surface area contributed by atoms with E-state index in [0.29, 0.717) is 0 Å². The molecule has 0 saturated carbocycles. The fourth-order valence-corrected chi connectivity index (χ4v) is 0. The normalized spacial score (nSPS) is 16.7. The Hall–Kier alpha value is 0.230. The monoisotopic (exact) mass is 123 g/mol. The molecule has 3 nitrogen and oxygen atoms in total. The molecule has 1 unspecified atom stereocenters. The lowest BCUT2D eigenvalue weighted by Crippen LogP contribution is -2.46. The molecule has 4 N–H and O–H groups in total. The van der Waals surface area contributed by atoms with Crippen LogP contribution in [0.5, 0.6) is 0 Å². The molecule has 0 aromatic carbocycles. The fourth-order valence-electron chi connectivity index (χ4n) is 0. The average molecular weight is 123 g/mol. The van der Waals surface area contributed by atoms with E-state index in [4.69, 9.17) is 15.9 Å². The van der Waals surface area contributed by atoms with Crippen molar-refractivity contribution >= 4 is 12.6 Å².